The standard InChI is InChI=1S/C38H48N4O6/c1-5-12-28(33(45)32(44)19-25-17-18-25)20-31(43)30-22-38(21-29(41-48-38)27-15-10-7-11-16-27)24-42(30)35(46)34(37(2,3)4)40-36(47)39-23-26-13-8-6-9-14-26/h6-11,13-16,25,28,30,34H,5,12,17-24H2,1-4H3,(H2,39,40,47)/t28-,30+,34-,38-/m1/s1. The van der Waals surface area contributed by atoms with E-state index in [4.69, 9.17) is 4.84 Å². The highest BCUT2D eigenvalue weighted by Crippen LogP contribution is 2.41. The van der Waals surface area contributed by atoms with Crippen LogP contribution in [0, 0.1) is 17.3 Å². The van der Waals surface area contributed by atoms with E-state index in [1.165, 1.54) is 4.90 Å². The third kappa shape index (κ3) is 8.57. The van der Waals surface area contributed by atoms with Gasteiger partial charge in [0.2, 0.25) is 11.7 Å². The van der Waals surface area contributed by atoms with Crippen molar-refractivity contribution in [1.82, 2.24) is 15.5 Å². The zero-order valence-electron chi connectivity index (χ0n) is 28.5. The molecule has 2 aromatic rings. The molecular formula is C38H48N4O6. The van der Waals surface area contributed by atoms with Gasteiger partial charge in [-0.2, -0.15) is 0 Å². The first-order valence-electron chi connectivity index (χ1n) is 17.2. The summed E-state index contributed by atoms with van der Waals surface area (Å²) in [6, 6.07) is 16.7. The van der Waals surface area contributed by atoms with Gasteiger partial charge in [-0.25, -0.2) is 4.79 Å². The summed E-state index contributed by atoms with van der Waals surface area (Å²) >= 11 is 0. The minimum Gasteiger partial charge on any atom is -0.387 e. The van der Waals surface area contributed by atoms with Gasteiger partial charge in [-0.1, -0.05) is 99.9 Å². The average molecular weight is 657 g/mol. The molecule has 2 aromatic carbocycles. The van der Waals surface area contributed by atoms with Crippen LogP contribution in [0.4, 0.5) is 4.79 Å². The van der Waals surface area contributed by atoms with Crippen LogP contribution in [0.25, 0.3) is 0 Å². The predicted octanol–water partition coefficient (Wildman–Crippen LogP) is 5.38. The number of hydrogen-bond donors (Lipinski definition) is 2. The van der Waals surface area contributed by atoms with Crippen LogP contribution in [0.5, 0.6) is 0 Å². The van der Waals surface area contributed by atoms with Crippen LogP contribution < -0.4 is 10.6 Å². The second-order valence-electron chi connectivity index (χ2n) is 14.7. The number of Topliss-reactive ketones (excluding diaryl/α,β-unsaturated/α-hetero) is 3. The highest BCUT2D eigenvalue weighted by Gasteiger charge is 2.55. The highest BCUT2D eigenvalue weighted by molar-refractivity contribution is 6.38. The van der Waals surface area contributed by atoms with E-state index in [2.05, 4.69) is 15.8 Å². The van der Waals surface area contributed by atoms with Gasteiger partial charge in [-0.15, -0.1) is 0 Å². The van der Waals surface area contributed by atoms with Crippen molar-refractivity contribution < 1.29 is 28.8 Å². The van der Waals surface area contributed by atoms with Gasteiger partial charge in [-0.05, 0) is 41.7 Å². The number of carbonyl (C=O) groups excluding carboxylic acids is 5. The van der Waals surface area contributed by atoms with E-state index in [0.29, 0.717) is 19.3 Å². The van der Waals surface area contributed by atoms with Gasteiger partial charge in [-0.3, -0.25) is 19.2 Å². The quantitative estimate of drug-likeness (QED) is 0.263. The van der Waals surface area contributed by atoms with Gasteiger partial charge in [0.05, 0.1) is 18.3 Å². The molecule has 0 aromatic heterocycles. The maximum atomic E-state index is 14.5. The monoisotopic (exact) mass is 656 g/mol. The Balaban J connectivity index is 1.37. The van der Waals surface area contributed by atoms with Crippen LogP contribution in [0.3, 0.4) is 0 Å². The summed E-state index contributed by atoms with van der Waals surface area (Å²) in [6.45, 7) is 7.88. The molecule has 3 amide bonds. The Hall–Kier alpha value is -4.34. The molecule has 2 aliphatic heterocycles. The van der Waals surface area contributed by atoms with Crippen molar-refractivity contribution in [2.75, 3.05) is 6.54 Å². The van der Waals surface area contributed by atoms with E-state index in [9.17, 15) is 24.0 Å². The molecule has 3 aliphatic rings. The molecule has 2 N–H and O–H groups in total. The normalized spacial score (nSPS) is 21.6. The van der Waals surface area contributed by atoms with Crippen molar-refractivity contribution in [3.63, 3.8) is 0 Å². The molecule has 2 fully saturated rings. The fourth-order valence-electron chi connectivity index (χ4n) is 6.71. The molecule has 1 saturated carbocycles. The first kappa shape index (κ1) is 35.0. The molecule has 48 heavy (non-hydrogen) atoms. The largest absolute Gasteiger partial charge is 0.387 e. The Morgan fingerprint density at radius 3 is 2.29 bits per heavy atom. The maximum absolute atomic E-state index is 14.5. The second kappa shape index (κ2) is 14.8. The van der Waals surface area contributed by atoms with Crippen LogP contribution in [0.2, 0.25) is 0 Å². The Morgan fingerprint density at radius 1 is 1.00 bits per heavy atom. The number of ketones is 3. The van der Waals surface area contributed by atoms with Crippen LogP contribution in [0.1, 0.15) is 90.2 Å². The van der Waals surface area contributed by atoms with Crippen molar-refractivity contribution >= 4 is 35.0 Å². The number of nitrogens with one attached hydrogen (secondary N) is 2. The van der Waals surface area contributed by atoms with Crippen molar-refractivity contribution in [2.24, 2.45) is 22.4 Å². The summed E-state index contributed by atoms with van der Waals surface area (Å²) in [5, 5.41) is 10.1. The molecule has 1 aliphatic carbocycles. The van der Waals surface area contributed by atoms with Gasteiger partial charge >= 0.3 is 6.03 Å². The molecule has 4 atom stereocenters. The lowest BCUT2D eigenvalue weighted by Crippen LogP contribution is -2.58. The predicted molar refractivity (Wildman–Crippen MR) is 182 cm³/mol. The van der Waals surface area contributed by atoms with Crippen molar-refractivity contribution in [3.05, 3.63) is 71.8 Å². The maximum Gasteiger partial charge on any atom is 0.315 e. The Bertz CT molecular complexity index is 1530. The molecule has 10 nitrogen and oxygen atoms in total. The Morgan fingerprint density at radius 2 is 1.67 bits per heavy atom. The highest BCUT2D eigenvalue weighted by atomic mass is 16.7. The number of likely N-dealkylation sites (tertiary alicyclic amines) is 1. The first-order chi connectivity index (χ1) is 22.9. The van der Waals surface area contributed by atoms with E-state index in [1.54, 1.807) is 0 Å². The summed E-state index contributed by atoms with van der Waals surface area (Å²) < 4.78 is 0. The van der Waals surface area contributed by atoms with Gasteiger partial charge in [0.25, 0.3) is 0 Å². The molecular weight excluding hydrogens is 608 g/mol. The molecule has 10 heteroatoms. The van der Waals surface area contributed by atoms with E-state index in [-0.39, 0.29) is 44.1 Å². The number of benzene rings is 2. The zero-order chi connectivity index (χ0) is 34.5. The SMILES string of the molecule is CCC[C@H](CC(=O)[C@@H]1C[C@]2(CC(c3ccccc3)=NO2)CN1C(=O)[C@@H](NC(=O)NCc1ccccc1)C(C)(C)C)C(=O)C(=O)CC1CC1. The average Bonchev–Trinajstić information content (AvgIpc) is 3.66. The molecule has 5 rings (SSSR count). The number of oxime groups is 1. The van der Waals surface area contributed by atoms with Gasteiger partial charge < -0.3 is 20.4 Å². The van der Waals surface area contributed by atoms with Crippen molar-refractivity contribution in [3.8, 4) is 0 Å². The van der Waals surface area contributed by atoms with Crippen molar-refractivity contribution in [1.29, 1.82) is 0 Å². The smallest absolute Gasteiger partial charge is 0.315 e. The summed E-state index contributed by atoms with van der Waals surface area (Å²) in [6.07, 6.45) is 3.66. The van der Waals surface area contributed by atoms with Crippen LogP contribution in [-0.2, 0) is 30.6 Å². The van der Waals surface area contributed by atoms with Crippen molar-refractivity contribution in [2.45, 2.75) is 103 Å². The van der Waals surface area contributed by atoms with Gasteiger partial charge in [0, 0.05) is 38.1 Å². The minimum atomic E-state index is -0.970. The lowest BCUT2D eigenvalue weighted by molar-refractivity contribution is -0.143. The fraction of sp³-hybridized carbons (Fsp3) is 0.526. The zero-order valence-corrected chi connectivity index (χ0v) is 28.5. The van der Waals surface area contributed by atoms with Gasteiger partial charge in [0.15, 0.2) is 17.2 Å². The third-order valence-corrected chi connectivity index (χ3v) is 9.59. The number of carbonyl (C=O) groups is 5. The molecule has 0 bridgehead atoms. The lowest BCUT2D eigenvalue weighted by Gasteiger charge is -2.35. The second-order valence-corrected chi connectivity index (χ2v) is 14.7. The Labute approximate surface area is 283 Å². The molecule has 1 saturated heterocycles. The summed E-state index contributed by atoms with van der Waals surface area (Å²) in [5.74, 6) is -2.05. The number of nitrogens with zero attached hydrogens (tertiary/aromatic N) is 2. The van der Waals surface area contributed by atoms with Gasteiger partial charge in [0.1, 0.15) is 6.04 Å². The molecule has 1 spiro atoms. The number of hydrogen-bond acceptors (Lipinski definition) is 7. The lowest BCUT2D eigenvalue weighted by atomic mass is 9.84. The number of urea groups is 1. The molecule has 0 radical (unpaired) electrons. The summed E-state index contributed by atoms with van der Waals surface area (Å²) in [5.41, 5.74) is 0.895. The fourth-order valence-corrected chi connectivity index (χ4v) is 6.71. The number of amides is 3. The van der Waals surface area contributed by atoms with E-state index in [1.807, 2.05) is 88.4 Å². The molecule has 256 valence electrons. The molecule has 2 heterocycles. The van der Waals surface area contributed by atoms with E-state index < -0.39 is 52.5 Å². The topological polar surface area (TPSA) is 134 Å². The van der Waals surface area contributed by atoms with Crippen LogP contribution in [0.15, 0.2) is 65.8 Å². The van der Waals surface area contributed by atoms with E-state index in [0.717, 1.165) is 29.7 Å². The Kier molecular flexibility index (Phi) is 10.8. The number of rotatable bonds is 14. The molecule has 0 unspecified atom stereocenters. The third-order valence-electron chi connectivity index (χ3n) is 9.59. The van der Waals surface area contributed by atoms with Crippen LogP contribution >= 0.6 is 0 Å². The minimum absolute atomic E-state index is 0.0922. The summed E-state index contributed by atoms with van der Waals surface area (Å²) in [7, 11) is 0. The first-order valence-corrected chi connectivity index (χ1v) is 17.2. The summed E-state index contributed by atoms with van der Waals surface area (Å²) in [4.78, 5) is 75.5. The van der Waals surface area contributed by atoms with Crippen LogP contribution in [-0.4, -0.2) is 64.1 Å². The van der Waals surface area contributed by atoms with E-state index >= 15 is 0 Å².